The van der Waals surface area contributed by atoms with E-state index in [9.17, 15) is 19.7 Å². The third kappa shape index (κ3) is 4.94. The number of anilines is 2. The zero-order valence-corrected chi connectivity index (χ0v) is 15.0. The van der Waals surface area contributed by atoms with Crippen LogP contribution in [0.3, 0.4) is 0 Å². The average molecular weight is 373 g/mol. The molecule has 9 heteroatoms. The van der Waals surface area contributed by atoms with Gasteiger partial charge in [-0.15, -0.1) is 0 Å². The lowest BCUT2D eigenvalue weighted by molar-refractivity contribution is -0.384. The summed E-state index contributed by atoms with van der Waals surface area (Å²) in [6.07, 6.45) is -1.12. The molecule has 0 bridgehead atoms. The van der Waals surface area contributed by atoms with Crippen LogP contribution in [0.2, 0.25) is 0 Å². The second kappa shape index (κ2) is 8.65. The lowest BCUT2D eigenvalue weighted by Crippen LogP contribution is -2.30. The first-order chi connectivity index (χ1) is 12.8. The molecule has 27 heavy (non-hydrogen) atoms. The fourth-order valence-electron chi connectivity index (χ4n) is 2.25. The van der Waals surface area contributed by atoms with E-state index in [0.717, 1.165) is 6.07 Å². The number of hydrogen-bond donors (Lipinski definition) is 2. The molecular formula is C18H19N3O6. The van der Waals surface area contributed by atoms with Crippen LogP contribution in [0.5, 0.6) is 5.75 Å². The van der Waals surface area contributed by atoms with Crippen LogP contribution in [0.15, 0.2) is 42.5 Å². The Morgan fingerprint density at radius 2 is 1.93 bits per heavy atom. The van der Waals surface area contributed by atoms with Gasteiger partial charge in [0.1, 0.15) is 5.75 Å². The molecule has 0 saturated heterocycles. The van der Waals surface area contributed by atoms with Crippen molar-refractivity contribution in [2.24, 2.45) is 0 Å². The largest absolute Gasteiger partial charge is 0.497 e. The summed E-state index contributed by atoms with van der Waals surface area (Å²) < 4.78 is 10.2. The highest BCUT2D eigenvalue weighted by Gasteiger charge is 2.23. The maximum atomic E-state index is 12.4. The topological polar surface area (TPSA) is 120 Å². The van der Waals surface area contributed by atoms with E-state index < -0.39 is 22.9 Å². The van der Waals surface area contributed by atoms with Gasteiger partial charge < -0.3 is 20.1 Å². The molecule has 1 atom stereocenters. The van der Waals surface area contributed by atoms with E-state index in [1.807, 2.05) is 0 Å². The van der Waals surface area contributed by atoms with Gasteiger partial charge in [-0.1, -0.05) is 6.07 Å². The van der Waals surface area contributed by atoms with Crippen molar-refractivity contribution in [3.05, 3.63) is 58.1 Å². The summed E-state index contributed by atoms with van der Waals surface area (Å²) in [6, 6.07) is 10.5. The van der Waals surface area contributed by atoms with Crippen LogP contribution in [-0.2, 0) is 9.53 Å². The van der Waals surface area contributed by atoms with Crippen molar-refractivity contribution < 1.29 is 24.0 Å². The number of amides is 1. The van der Waals surface area contributed by atoms with Gasteiger partial charge in [0, 0.05) is 36.6 Å². The quantitative estimate of drug-likeness (QED) is 0.435. The molecule has 0 saturated carbocycles. The Balaban J connectivity index is 2.11. The molecule has 2 aromatic rings. The van der Waals surface area contributed by atoms with Crippen LogP contribution in [0.1, 0.15) is 17.3 Å². The maximum Gasteiger partial charge on any atom is 0.341 e. The SMILES string of the molecule is CNc1ccc([N+](=O)[O-])cc1C(=O)O[C@H](C)C(=O)Nc1cccc(OC)c1. The number of hydrogen-bond acceptors (Lipinski definition) is 7. The van der Waals surface area contributed by atoms with E-state index in [-0.39, 0.29) is 11.3 Å². The van der Waals surface area contributed by atoms with Crippen LogP contribution < -0.4 is 15.4 Å². The first-order valence-corrected chi connectivity index (χ1v) is 7.97. The molecule has 0 heterocycles. The summed E-state index contributed by atoms with van der Waals surface area (Å²) in [6.45, 7) is 1.41. The minimum Gasteiger partial charge on any atom is -0.497 e. The highest BCUT2D eigenvalue weighted by Crippen LogP contribution is 2.23. The van der Waals surface area contributed by atoms with Gasteiger partial charge in [-0.2, -0.15) is 0 Å². The third-order valence-corrected chi connectivity index (χ3v) is 3.69. The molecule has 0 fully saturated rings. The monoisotopic (exact) mass is 373 g/mol. The number of esters is 1. The second-order valence-electron chi connectivity index (χ2n) is 5.51. The van der Waals surface area contributed by atoms with Crippen molar-refractivity contribution in [2.75, 3.05) is 24.8 Å². The fourth-order valence-corrected chi connectivity index (χ4v) is 2.25. The third-order valence-electron chi connectivity index (χ3n) is 3.69. The van der Waals surface area contributed by atoms with Gasteiger partial charge in [-0.3, -0.25) is 14.9 Å². The van der Waals surface area contributed by atoms with Crippen molar-refractivity contribution in [3.63, 3.8) is 0 Å². The minimum atomic E-state index is -1.12. The van der Waals surface area contributed by atoms with E-state index in [1.165, 1.54) is 26.2 Å². The molecule has 2 rings (SSSR count). The lowest BCUT2D eigenvalue weighted by atomic mass is 10.1. The van der Waals surface area contributed by atoms with Gasteiger partial charge in [-0.05, 0) is 25.1 Å². The molecule has 1 amide bonds. The predicted molar refractivity (Wildman–Crippen MR) is 99.1 cm³/mol. The number of nitrogens with one attached hydrogen (secondary N) is 2. The number of carbonyl (C=O) groups is 2. The Labute approximate surface area is 155 Å². The second-order valence-corrected chi connectivity index (χ2v) is 5.51. The number of nitro benzene ring substituents is 1. The van der Waals surface area contributed by atoms with E-state index in [0.29, 0.717) is 17.1 Å². The first-order valence-electron chi connectivity index (χ1n) is 7.97. The van der Waals surface area contributed by atoms with Crippen molar-refractivity contribution in [2.45, 2.75) is 13.0 Å². The summed E-state index contributed by atoms with van der Waals surface area (Å²) in [5.41, 5.74) is 0.543. The van der Waals surface area contributed by atoms with Gasteiger partial charge in [0.15, 0.2) is 6.10 Å². The smallest absolute Gasteiger partial charge is 0.341 e. The number of ether oxygens (including phenoxy) is 2. The Morgan fingerprint density at radius 3 is 2.56 bits per heavy atom. The van der Waals surface area contributed by atoms with Crippen LogP contribution in [0, 0.1) is 10.1 Å². The number of nitro groups is 1. The lowest BCUT2D eigenvalue weighted by Gasteiger charge is -2.15. The number of benzene rings is 2. The summed E-state index contributed by atoms with van der Waals surface area (Å²) in [5, 5.41) is 16.3. The summed E-state index contributed by atoms with van der Waals surface area (Å²) >= 11 is 0. The number of non-ortho nitro benzene ring substituents is 1. The molecule has 0 aliphatic heterocycles. The summed E-state index contributed by atoms with van der Waals surface area (Å²) in [4.78, 5) is 34.9. The van der Waals surface area contributed by atoms with Gasteiger partial charge in [0.05, 0.1) is 17.6 Å². The van der Waals surface area contributed by atoms with Gasteiger partial charge in [0.25, 0.3) is 11.6 Å². The number of rotatable bonds is 7. The highest BCUT2D eigenvalue weighted by atomic mass is 16.6. The molecule has 0 aliphatic carbocycles. The Morgan fingerprint density at radius 1 is 1.19 bits per heavy atom. The van der Waals surface area contributed by atoms with E-state index >= 15 is 0 Å². The first kappa shape index (κ1) is 19.7. The predicted octanol–water partition coefficient (Wildman–Crippen LogP) is 2.83. The Bertz CT molecular complexity index is 868. The van der Waals surface area contributed by atoms with Crippen LogP contribution in [0.4, 0.5) is 17.1 Å². The fraction of sp³-hybridized carbons (Fsp3) is 0.222. The van der Waals surface area contributed by atoms with Gasteiger partial charge in [-0.25, -0.2) is 4.79 Å². The van der Waals surface area contributed by atoms with Crippen LogP contribution >= 0.6 is 0 Å². The zero-order chi connectivity index (χ0) is 20.0. The van der Waals surface area contributed by atoms with E-state index in [2.05, 4.69) is 10.6 Å². The molecule has 0 radical (unpaired) electrons. The summed E-state index contributed by atoms with van der Waals surface area (Å²) in [7, 11) is 3.07. The van der Waals surface area contributed by atoms with Crippen molar-refractivity contribution >= 4 is 28.9 Å². The highest BCUT2D eigenvalue weighted by molar-refractivity contribution is 6.00. The molecular weight excluding hydrogens is 354 g/mol. The minimum absolute atomic E-state index is 0.0345. The number of carbonyl (C=O) groups excluding carboxylic acids is 2. The molecule has 0 aromatic heterocycles. The average Bonchev–Trinajstić information content (AvgIpc) is 2.67. The van der Waals surface area contributed by atoms with Crippen LogP contribution in [0.25, 0.3) is 0 Å². The number of methoxy groups -OCH3 is 1. The molecule has 9 nitrogen and oxygen atoms in total. The van der Waals surface area contributed by atoms with E-state index in [1.54, 1.807) is 31.3 Å². The van der Waals surface area contributed by atoms with Crippen molar-refractivity contribution in [1.82, 2.24) is 0 Å². The molecule has 0 unspecified atom stereocenters. The molecule has 0 aliphatic rings. The van der Waals surface area contributed by atoms with Crippen LogP contribution in [-0.4, -0.2) is 37.1 Å². The normalized spacial score (nSPS) is 11.2. The number of nitrogens with zero attached hydrogens (tertiary/aromatic N) is 1. The molecule has 0 spiro atoms. The van der Waals surface area contributed by atoms with E-state index in [4.69, 9.17) is 9.47 Å². The van der Waals surface area contributed by atoms with Gasteiger partial charge in [0.2, 0.25) is 0 Å². The Hall–Kier alpha value is -3.62. The molecule has 2 N–H and O–H groups in total. The molecule has 2 aromatic carbocycles. The standard InChI is InChI=1S/C18H19N3O6/c1-11(17(22)20-12-5-4-6-14(9-12)26-3)27-18(23)15-10-13(21(24)25)7-8-16(15)19-2/h4-11,19H,1-3H3,(H,20,22)/t11-/m1/s1. The van der Waals surface area contributed by atoms with Crippen molar-refractivity contribution in [1.29, 1.82) is 0 Å². The molecule has 142 valence electrons. The summed E-state index contributed by atoms with van der Waals surface area (Å²) in [5.74, 6) is -0.836. The maximum absolute atomic E-state index is 12.4. The zero-order valence-electron chi connectivity index (χ0n) is 15.0. The van der Waals surface area contributed by atoms with Gasteiger partial charge >= 0.3 is 5.97 Å². The van der Waals surface area contributed by atoms with Crippen molar-refractivity contribution in [3.8, 4) is 5.75 Å². The Kier molecular flexibility index (Phi) is 6.32.